The van der Waals surface area contributed by atoms with Crippen molar-refractivity contribution >= 4 is 29.2 Å². The van der Waals surface area contributed by atoms with Crippen molar-refractivity contribution in [3.63, 3.8) is 0 Å². The maximum absolute atomic E-state index is 10.5. The van der Waals surface area contributed by atoms with Crippen molar-refractivity contribution in [1.29, 1.82) is 0 Å². The summed E-state index contributed by atoms with van der Waals surface area (Å²) < 4.78 is -0.306. The van der Waals surface area contributed by atoms with Crippen molar-refractivity contribution < 1.29 is 20.2 Å². The summed E-state index contributed by atoms with van der Waals surface area (Å²) in [6.07, 6.45) is -3.11. The number of nitrogens with zero attached hydrogens (tertiary/aromatic N) is 1. The van der Waals surface area contributed by atoms with Crippen LogP contribution in [0.15, 0.2) is 29.2 Å². The van der Waals surface area contributed by atoms with Gasteiger partial charge in [0, 0.05) is 22.8 Å². The molecule has 2 rings (SSSR count). The van der Waals surface area contributed by atoms with Gasteiger partial charge in [-0.1, -0.05) is 0 Å². The van der Waals surface area contributed by atoms with Gasteiger partial charge in [0.2, 0.25) is 0 Å². The van der Waals surface area contributed by atoms with Crippen molar-refractivity contribution in [3.8, 4) is 0 Å². The van der Waals surface area contributed by atoms with E-state index in [0.717, 1.165) is 4.90 Å². The molecule has 1 aromatic rings. The van der Waals surface area contributed by atoms with Gasteiger partial charge in [0.25, 0.3) is 5.69 Å². The average Bonchev–Trinajstić information content (AvgIpc) is 2.40. The van der Waals surface area contributed by atoms with Gasteiger partial charge in [0.15, 0.2) is 0 Å². The maximum Gasteiger partial charge on any atom is 0.269 e. The molecule has 8 heteroatoms. The summed E-state index contributed by atoms with van der Waals surface area (Å²) in [6.45, 7) is 0. The Morgan fingerprint density at radius 3 is 2.42 bits per heavy atom. The van der Waals surface area contributed by atoms with Crippen molar-refractivity contribution in [2.75, 3.05) is 5.75 Å². The molecular weight excluding hydrogens is 290 g/mol. The van der Waals surface area contributed by atoms with Crippen LogP contribution in [-0.2, 0) is 0 Å². The second-order valence-electron chi connectivity index (χ2n) is 4.12. The first-order valence-electron chi connectivity index (χ1n) is 5.56. The Labute approximate surface area is 118 Å². The second kappa shape index (κ2) is 6.10. The summed E-state index contributed by atoms with van der Waals surface area (Å²) in [5.41, 5.74) is 0.0108. The van der Waals surface area contributed by atoms with Crippen LogP contribution >= 0.6 is 23.5 Å². The highest BCUT2D eigenvalue weighted by atomic mass is 32.2. The molecule has 1 aromatic carbocycles. The Hall–Kier alpha value is -0.800. The molecule has 0 amide bonds. The molecule has 0 saturated carbocycles. The number of thioether (sulfide) groups is 2. The lowest BCUT2D eigenvalue weighted by Crippen LogP contribution is -2.47. The van der Waals surface area contributed by atoms with Crippen LogP contribution < -0.4 is 0 Å². The zero-order valence-corrected chi connectivity index (χ0v) is 11.4. The lowest BCUT2D eigenvalue weighted by molar-refractivity contribution is -0.384. The SMILES string of the molecule is O=[N+]([O-])c1ccc(S[C@@H]2SC[C@@H](O)[C@H](O)[C@H]2O)cc1. The molecule has 0 aliphatic carbocycles. The van der Waals surface area contributed by atoms with Crippen LogP contribution in [0.4, 0.5) is 5.69 Å². The highest BCUT2D eigenvalue weighted by Crippen LogP contribution is 2.38. The summed E-state index contributed by atoms with van der Waals surface area (Å²) in [5, 5.41) is 39.4. The molecule has 0 bridgehead atoms. The van der Waals surface area contributed by atoms with E-state index in [-0.39, 0.29) is 10.3 Å². The van der Waals surface area contributed by atoms with Crippen LogP contribution in [0.2, 0.25) is 0 Å². The summed E-state index contributed by atoms with van der Waals surface area (Å²) >= 11 is 2.68. The molecule has 0 aromatic heterocycles. The predicted octanol–water partition coefficient (Wildman–Crippen LogP) is 0.842. The van der Waals surface area contributed by atoms with Gasteiger partial charge in [-0.05, 0) is 12.1 Å². The number of non-ortho nitro benzene ring substituents is 1. The molecule has 1 heterocycles. The molecule has 0 unspecified atom stereocenters. The third-order valence-electron chi connectivity index (χ3n) is 2.75. The monoisotopic (exact) mass is 303 g/mol. The van der Waals surface area contributed by atoms with Crippen LogP contribution in [0.5, 0.6) is 0 Å². The third-order valence-corrected chi connectivity index (χ3v) is 5.65. The fraction of sp³-hybridized carbons (Fsp3) is 0.455. The van der Waals surface area contributed by atoms with Gasteiger partial charge in [-0.2, -0.15) is 0 Å². The summed E-state index contributed by atoms with van der Waals surface area (Å²) in [6, 6.07) is 6.00. The number of nitro benzene ring substituents is 1. The molecule has 19 heavy (non-hydrogen) atoms. The molecule has 1 fully saturated rings. The van der Waals surface area contributed by atoms with Crippen molar-refractivity contribution in [2.24, 2.45) is 0 Å². The Morgan fingerprint density at radius 1 is 1.21 bits per heavy atom. The van der Waals surface area contributed by atoms with E-state index in [1.807, 2.05) is 0 Å². The van der Waals surface area contributed by atoms with Crippen molar-refractivity contribution in [1.82, 2.24) is 0 Å². The lowest BCUT2D eigenvalue weighted by Gasteiger charge is -2.34. The molecule has 0 spiro atoms. The van der Waals surface area contributed by atoms with Gasteiger partial charge in [-0.15, -0.1) is 23.5 Å². The number of nitro groups is 1. The second-order valence-corrected chi connectivity index (χ2v) is 6.81. The number of rotatable bonds is 3. The highest BCUT2D eigenvalue weighted by molar-refractivity contribution is 8.17. The van der Waals surface area contributed by atoms with E-state index in [1.165, 1.54) is 35.7 Å². The number of aliphatic hydroxyl groups is 3. The van der Waals surface area contributed by atoms with Crippen LogP contribution in [0.25, 0.3) is 0 Å². The topological polar surface area (TPSA) is 104 Å². The number of hydrogen-bond donors (Lipinski definition) is 3. The molecular formula is C11H13NO5S2. The highest BCUT2D eigenvalue weighted by Gasteiger charge is 2.37. The van der Waals surface area contributed by atoms with Gasteiger partial charge in [-0.3, -0.25) is 10.1 Å². The molecule has 1 aliphatic heterocycles. The smallest absolute Gasteiger partial charge is 0.269 e. The van der Waals surface area contributed by atoms with E-state index in [0.29, 0.717) is 5.75 Å². The zero-order valence-electron chi connectivity index (χ0n) is 9.75. The molecule has 104 valence electrons. The standard InChI is InChI=1S/C11H13NO5S2/c13-8-5-18-11(10(15)9(8)14)19-7-3-1-6(2-4-7)12(16)17/h1-4,8-11,13-15H,5H2/t8-,9+,10-,11+/m1/s1. The average molecular weight is 303 g/mol. The fourth-order valence-corrected chi connectivity index (χ4v) is 4.31. The molecule has 3 N–H and O–H groups in total. The molecule has 4 atom stereocenters. The Morgan fingerprint density at radius 2 is 1.84 bits per heavy atom. The van der Waals surface area contributed by atoms with E-state index < -0.39 is 23.2 Å². The van der Waals surface area contributed by atoms with Gasteiger partial charge < -0.3 is 15.3 Å². The minimum atomic E-state index is -1.16. The lowest BCUT2D eigenvalue weighted by atomic mass is 10.1. The van der Waals surface area contributed by atoms with Crippen LogP contribution in [0.3, 0.4) is 0 Å². The first-order chi connectivity index (χ1) is 8.99. The largest absolute Gasteiger partial charge is 0.389 e. The van der Waals surface area contributed by atoms with E-state index in [4.69, 9.17) is 0 Å². The first-order valence-corrected chi connectivity index (χ1v) is 7.49. The van der Waals surface area contributed by atoms with Crippen LogP contribution in [0.1, 0.15) is 0 Å². The number of benzene rings is 1. The van der Waals surface area contributed by atoms with Gasteiger partial charge in [0.05, 0.1) is 15.6 Å². The summed E-state index contributed by atoms with van der Waals surface area (Å²) in [4.78, 5) is 10.8. The van der Waals surface area contributed by atoms with E-state index >= 15 is 0 Å². The first kappa shape index (κ1) is 14.6. The van der Waals surface area contributed by atoms with Crippen molar-refractivity contribution in [3.05, 3.63) is 34.4 Å². The fourth-order valence-electron chi connectivity index (χ4n) is 1.66. The van der Waals surface area contributed by atoms with E-state index in [1.54, 1.807) is 12.1 Å². The van der Waals surface area contributed by atoms with Gasteiger partial charge in [-0.25, -0.2) is 0 Å². The number of aliphatic hydroxyl groups excluding tert-OH is 3. The van der Waals surface area contributed by atoms with Crippen molar-refractivity contribution in [2.45, 2.75) is 27.8 Å². The minimum Gasteiger partial charge on any atom is -0.389 e. The normalized spacial score (nSPS) is 31.1. The Kier molecular flexibility index (Phi) is 4.69. The third kappa shape index (κ3) is 3.40. The minimum absolute atomic E-state index is 0.0108. The molecule has 1 saturated heterocycles. The number of hydrogen-bond acceptors (Lipinski definition) is 7. The molecule has 0 radical (unpaired) electrons. The summed E-state index contributed by atoms with van der Waals surface area (Å²) in [5.74, 6) is 0.350. The molecule has 1 aliphatic rings. The van der Waals surface area contributed by atoms with Crippen LogP contribution in [-0.4, -0.2) is 48.9 Å². The summed E-state index contributed by atoms with van der Waals surface area (Å²) in [7, 11) is 0. The quantitative estimate of drug-likeness (QED) is 0.561. The van der Waals surface area contributed by atoms with E-state index in [2.05, 4.69) is 0 Å². The Balaban J connectivity index is 2.03. The van der Waals surface area contributed by atoms with E-state index in [9.17, 15) is 25.4 Å². The van der Waals surface area contributed by atoms with Gasteiger partial charge >= 0.3 is 0 Å². The zero-order chi connectivity index (χ0) is 14.0. The molecule has 6 nitrogen and oxygen atoms in total. The Bertz CT molecular complexity index is 455. The predicted molar refractivity (Wildman–Crippen MR) is 73.2 cm³/mol. The maximum atomic E-state index is 10.5. The van der Waals surface area contributed by atoms with Gasteiger partial charge in [0.1, 0.15) is 12.2 Å². The van der Waals surface area contributed by atoms with Crippen LogP contribution in [0, 0.1) is 10.1 Å².